The van der Waals surface area contributed by atoms with Crippen molar-refractivity contribution in [2.75, 3.05) is 5.75 Å². The molecule has 0 aliphatic heterocycles. The van der Waals surface area contributed by atoms with E-state index in [0.29, 0.717) is 16.9 Å². The van der Waals surface area contributed by atoms with Crippen LogP contribution in [-0.2, 0) is 0 Å². The van der Waals surface area contributed by atoms with Gasteiger partial charge >= 0.3 is 0 Å². The molecule has 0 heterocycles. The predicted molar refractivity (Wildman–Crippen MR) is 72.7 cm³/mol. The Bertz CT molecular complexity index is 587. The summed E-state index contributed by atoms with van der Waals surface area (Å²) in [6, 6.07) is 18.6. The number of carbonyl (C=O) groups is 1. The third kappa shape index (κ3) is 2.99. The standard InChI is InChI=1S/C15H11NOS/c16-10-13-8-4-5-9-15(13)18-11-14(17)12-6-2-1-3-7-12/h1-9H,11H2. The van der Waals surface area contributed by atoms with Crippen LogP contribution >= 0.6 is 11.8 Å². The molecule has 0 aromatic heterocycles. The normalized spacial score (nSPS) is 9.72. The van der Waals surface area contributed by atoms with Crippen molar-refractivity contribution in [3.05, 3.63) is 65.7 Å². The van der Waals surface area contributed by atoms with E-state index in [4.69, 9.17) is 5.26 Å². The summed E-state index contributed by atoms with van der Waals surface area (Å²) in [5.74, 6) is 0.427. The Kier molecular flexibility index (Phi) is 4.16. The van der Waals surface area contributed by atoms with Crippen molar-refractivity contribution in [2.24, 2.45) is 0 Å². The number of carbonyl (C=O) groups excluding carboxylic acids is 1. The third-order valence-electron chi connectivity index (χ3n) is 2.46. The Balaban J connectivity index is 2.05. The van der Waals surface area contributed by atoms with Crippen LogP contribution in [0.5, 0.6) is 0 Å². The SMILES string of the molecule is N#Cc1ccccc1SCC(=O)c1ccccc1. The minimum Gasteiger partial charge on any atom is -0.293 e. The van der Waals surface area contributed by atoms with Gasteiger partial charge in [-0.05, 0) is 12.1 Å². The van der Waals surface area contributed by atoms with Gasteiger partial charge in [-0.15, -0.1) is 11.8 Å². The first-order valence-corrected chi connectivity index (χ1v) is 6.50. The molecule has 0 fully saturated rings. The lowest BCUT2D eigenvalue weighted by Crippen LogP contribution is -2.01. The summed E-state index contributed by atoms with van der Waals surface area (Å²) in [4.78, 5) is 12.8. The van der Waals surface area contributed by atoms with Gasteiger partial charge in [-0.25, -0.2) is 0 Å². The van der Waals surface area contributed by atoms with Crippen LogP contribution in [0.3, 0.4) is 0 Å². The van der Waals surface area contributed by atoms with E-state index in [2.05, 4.69) is 6.07 Å². The van der Waals surface area contributed by atoms with E-state index in [-0.39, 0.29) is 5.78 Å². The fourth-order valence-corrected chi connectivity index (χ4v) is 2.43. The Hall–Kier alpha value is -2.05. The van der Waals surface area contributed by atoms with Gasteiger partial charge < -0.3 is 0 Å². The average molecular weight is 253 g/mol. The van der Waals surface area contributed by atoms with Gasteiger partial charge in [-0.2, -0.15) is 5.26 Å². The maximum atomic E-state index is 11.9. The second kappa shape index (κ2) is 6.04. The number of benzene rings is 2. The fraction of sp³-hybridized carbons (Fsp3) is 0.0667. The molecule has 0 spiro atoms. The summed E-state index contributed by atoms with van der Waals surface area (Å²) < 4.78 is 0. The zero-order valence-corrected chi connectivity index (χ0v) is 10.5. The molecule has 0 radical (unpaired) electrons. The van der Waals surface area contributed by atoms with Crippen LogP contribution in [0.15, 0.2) is 59.5 Å². The lowest BCUT2D eigenvalue weighted by atomic mass is 10.2. The quantitative estimate of drug-likeness (QED) is 0.618. The molecular formula is C15H11NOS. The second-order valence-electron chi connectivity index (χ2n) is 3.69. The summed E-state index contributed by atoms with van der Waals surface area (Å²) in [5, 5.41) is 8.95. The van der Waals surface area contributed by atoms with E-state index in [1.54, 1.807) is 18.2 Å². The molecule has 2 aromatic carbocycles. The number of nitriles is 1. The molecular weight excluding hydrogens is 242 g/mol. The molecule has 0 atom stereocenters. The number of ketones is 1. The third-order valence-corrected chi connectivity index (χ3v) is 3.54. The first-order chi connectivity index (χ1) is 8.81. The van der Waals surface area contributed by atoms with Gasteiger partial charge in [0.15, 0.2) is 5.78 Å². The van der Waals surface area contributed by atoms with Crippen molar-refractivity contribution >= 4 is 17.5 Å². The van der Waals surface area contributed by atoms with Crippen LogP contribution in [0.4, 0.5) is 0 Å². The number of rotatable bonds is 4. The van der Waals surface area contributed by atoms with Crippen LogP contribution < -0.4 is 0 Å². The summed E-state index contributed by atoms with van der Waals surface area (Å²) >= 11 is 1.40. The van der Waals surface area contributed by atoms with Crippen LogP contribution in [-0.4, -0.2) is 11.5 Å². The highest BCUT2D eigenvalue weighted by molar-refractivity contribution is 8.00. The summed E-state index contributed by atoms with van der Waals surface area (Å²) in [6.07, 6.45) is 0. The number of hydrogen-bond donors (Lipinski definition) is 0. The van der Waals surface area contributed by atoms with E-state index >= 15 is 0 Å². The zero-order valence-electron chi connectivity index (χ0n) is 9.67. The summed E-state index contributed by atoms with van der Waals surface area (Å²) in [7, 11) is 0. The van der Waals surface area contributed by atoms with Crippen molar-refractivity contribution in [3.8, 4) is 6.07 Å². The molecule has 0 unspecified atom stereocenters. The van der Waals surface area contributed by atoms with Gasteiger partial charge in [0.05, 0.1) is 11.3 Å². The van der Waals surface area contributed by atoms with Crippen molar-refractivity contribution in [1.82, 2.24) is 0 Å². The van der Waals surface area contributed by atoms with Crippen LogP contribution in [0, 0.1) is 11.3 Å². The van der Waals surface area contributed by atoms with Gasteiger partial charge in [-0.1, -0.05) is 42.5 Å². The zero-order chi connectivity index (χ0) is 12.8. The molecule has 0 aliphatic rings. The van der Waals surface area contributed by atoms with Crippen LogP contribution in [0.1, 0.15) is 15.9 Å². The largest absolute Gasteiger partial charge is 0.293 e. The topological polar surface area (TPSA) is 40.9 Å². The molecule has 2 aromatic rings. The Morgan fingerprint density at radius 1 is 1.06 bits per heavy atom. The van der Waals surface area contributed by atoms with E-state index in [1.807, 2.05) is 36.4 Å². The van der Waals surface area contributed by atoms with Crippen LogP contribution in [0.25, 0.3) is 0 Å². The Labute approximate surface area is 110 Å². The monoisotopic (exact) mass is 253 g/mol. The summed E-state index contributed by atoms with van der Waals surface area (Å²) in [6.45, 7) is 0. The van der Waals surface area contributed by atoms with E-state index < -0.39 is 0 Å². The fourth-order valence-electron chi connectivity index (χ4n) is 1.54. The molecule has 0 saturated heterocycles. The molecule has 0 saturated carbocycles. The molecule has 2 rings (SSSR count). The van der Waals surface area contributed by atoms with Gasteiger partial charge in [-0.3, -0.25) is 4.79 Å². The van der Waals surface area contributed by atoms with E-state index in [0.717, 1.165) is 4.90 Å². The molecule has 0 bridgehead atoms. The van der Waals surface area contributed by atoms with Gasteiger partial charge in [0.1, 0.15) is 6.07 Å². The van der Waals surface area contributed by atoms with Crippen molar-refractivity contribution < 1.29 is 4.79 Å². The first-order valence-electron chi connectivity index (χ1n) is 5.51. The highest BCUT2D eigenvalue weighted by atomic mass is 32.2. The number of Topliss-reactive ketones (excluding diaryl/α,β-unsaturated/α-hetero) is 1. The lowest BCUT2D eigenvalue weighted by Gasteiger charge is -2.03. The van der Waals surface area contributed by atoms with E-state index in [9.17, 15) is 4.79 Å². The molecule has 0 N–H and O–H groups in total. The molecule has 2 nitrogen and oxygen atoms in total. The van der Waals surface area contributed by atoms with Gasteiger partial charge in [0.25, 0.3) is 0 Å². The minimum atomic E-state index is 0.0772. The molecule has 0 amide bonds. The number of hydrogen-bond acceptors (Lipinski definition) is 3. The van der Waals surface area contributed by atoms with Gasteiger partial charge in [0, 0.05) is 10.5 Å². The van der Waals surface area contributed by atoms with Crippen molar-refractivity contribution in [3.63, 3.8) is 0 Å². The first kappa shape index (κ1) is 12.4. The number of nitrogens with zero attached hydrogens (tertiary/aromatic N) is 1. The predicted octanol–water partition coefficient (Wildman–Crippen LogP) is 3.53. The molecule has 88 valence electrons. The number of thioether (sulfide) groups is 1. The van der Waals surface area contributed by atoms with E-state index in [1.165, 1.54) is 11.8 Å². The Morgan fingerprint density at radius 3 is 2.44 bits per heavy atom. The molecule has 18 heavy (non-hydrogen) atoms. The highest BCUT2D eigenvalue weighted by Crippen LogP contribution is 2.22. The minimum absolute atomic E-state index is 0.0772. The summed E-state index contributed by atoms with van der Waals surface area (Å²) in [5.41, 5.74) is 1.32. The highest BCUT2D eigenvalue weighted by Gasteiger charge is 2.07. The van der Waals surface area contributed by atoms with Crippen molar-refractivity contribution in [2.45, 2.75) is 4.90 Å². The lowest BCUT2D eigenvalue weighted by molar-refractivity contribution is 0.102. The van der Waals surface area contributed by atoms with Crippen LogP contribution in [0.2, 0.25) is 0 Å². The average Bonchev–Trinajstić information content (AvgIpc) is 2.46. The maximum Gasteiger partial charge on any atom is 0.173 e. The smallest absolute Gasteiger partial charge is 0.173 e. The molecule has 3 heteroatoms. The Morgan fingerprint density at radius 2 is 1.72 bits per heavy atom. The van der Waals surface area contributed by atoms with Crippen molar-refractivity contribution in [1.29, 1.82) is 5.26 Å². The maximum absolute atomic E-state index is 11.9. The molecule has 0 aliphatic carbocycles. The second-order valence-corrected chi connectivity index (χ2v) is 4.70. The van der Waals surface area contributed by atoms with Gasteiger partial charge in [0.2, 0.25) is 0 Å².